The summed E-state index contributed by atoms with van der Waals surface area (Å²) in [5.41, 5.74) is 2.06. The van der Waals surface area contributed by atoms with Crippen molar-refractivity contribution in [2.24, 2.45) is 0 Å². The van der Waals surface area contributed by atoms with Gasteiger partial charge < -0.3 is 5.11 Å². The maximum absolute atomic E-state index is 9.77. The Morgan fingerprint density at radius 2 is 1.73 bits per heavy atom. The van der Waals surface area contributed by atoms with Gasteiger partial charge in [0.15, 0.2) is 0 Å². The molecule has 2 heteroatoms. The second kappa shape index (κ2) is 4.05. The smallest absolute Gasteiger partial charge is 0.120 e. The van der Waals surface area contributed by atoms with Crippen LogP contribution >= 0.6 is 11.6 Å². The summed E-state index contributed by atoms with van der Waals surface area (Å²) in [5, 5.41) is 10.4. The lowest BCUT2D eigenvalue weighted by Gasteiger charge is -2.23. The highest BCUT2D eigenvalue weighted by Crippen LogP contribution is 2.36. The first-order valence-electron chi connectivity index (χ1n) is 5.26. The minimum atomic E-state index is 0.00836. The van der Waals surface area contributed by atoms with E-state index in [1.807, 2.05) is 6.07 Å². The quantitative estimate of drug-likeness (QED) is 0.749. The van der Waals surface area contributed by atoms with Crippen LogP contribution in [0.1, 0.15) is 51.7 Å². The summed E-state index contributed by atoms with van der Waals surface area (Å²) in [4.78, 5) is 0. The van der Waals surface area contributed by atoms with Gasteiger partial charge in [0.05, 0.1) is 0 Å². The molecule has 1 aromatic rings. The number of benzene rings is 1. The molecule has 15 heavy (non-hydrogen) atoms. The summed E-state index contributed by atoms with van der Waals surface area (Å²) in [6.45, 7) is 10.5. The zero-order chi connectivity index (χ0) is 11.8. The molecule has 0 fully saturated rings. The van der Waals surface area contributed by atoms with E-state index in [1.54, 1.807) is 6.07 Å². The number of hydrogen-bond acceptors (Lipinski definition) is 1. The van der Waals surface area contributed by atoms with Crippen molar-refractivity contribution in [3.63, 3.8) is 0 Å². The topological polar surface area (TPSA) is 20.2 Å². The van der Waals surface area contributed by atoms with Crippen molar-refractivity contribution in [1.29, 1.82) is 0 Å². The molecule has 0 aromatic heterocycles. The van der Waals surface area contributed by atoms with Gasteiger partial charge in [-0.2, -0.15) is 0 Å². The van der Waals surface area contributed by atoms with E-state index in [0.29, 0.717) is 16.7 Å². The molecule has 1 nitrogen and oxygen atoms in total. The number of halogens is 1. The van der Waals surface area contributed by atoms with Gasteiger partial charge in [-0.05, 0) is 34.6 Å². The zero-order valence-electron chi connectivity index (χ0n) is 10.1. The Bertz CT molecular complexity index is 362. The number of hydrogen-bond donors (Lipinski definition) is 1. The van der Waals surface area contributed by atoms with Crippen LogP contribution in [0.2, 0.25) is 5.02 Å². The van der Waals surface area contributed by atoms with E-state index in [0.717, 1.165) is 11.1 Å². The highest BCUT2D eigenvalue weighted by molar-refractivity contribution is 6.31. The lowest BCUT2D eigenvalue weighted by molar-refractivity contribution is 0.463. The Hall–Kier alpha value is -0.690. The van der Waals surface area contributed by atoms with Crippen molar-refractivity contribution >= 4 is 11.6 Å². The van der Waals surface area contributed by atoms with Gasteiger partial charge in [-0.3, -0.25) is 0 Å². The van der Waals surface area contributed by atoms with Crippen molar-refractivity contribution in [2.45, 2.75) is 46.0 Å². The third kappa shape index (κ3) is 2.66. The van der Waals surface area contributed by atoms with Crippen molar-refractivity contribution < 1.29 is 5.11 Å². The first kappa shape index (κ1) is 12.4. The third-order valence-corrected chi connectivity index (χ3v) is 2.86. The van der Waals surface area contributed by atoms with Gasteiger partial charge in [0.2, 0.25) is 0 Å². The van der Waals surface area contributed by atoms with Gasteiger partial charge in [-0.1, -0.05) is 46.2 Å². The van der Waals surface area contributed by atoms with E-state index in [4.69, 9.17) is 11.6 Å². The molecule has 0 saturated carbocycles. The fraction of sp³-hybridized carbons (Fsp3) is 0.538. The number of rotatable bonds is 1. The normalized spacial score (nSPS) is 12.2. The molecular formula is C13H19ClO. The molecule has 0 amide bonds. The number of phenols is 1. The summed E-state index contributed by atoms with van der Waals surface area (Å²) in [6.07, 6.45) is 0. The number of aromatic hydroxyl groups is 1. The second-order valence-electron chi connectivity index (χ2n) is 5.30. The van der Waals surface area contributed by atoms with Crippen LogP contribution in [0.15, 0.2) is 12.1 Å². The molecule has 0 aliphatic carbocycles. The predicted molar refractivity (Wildman–Crippen MR) is 65.9 cm³/mol. The van der Waals surface area contributed by atoms with Crippen LogP contribution < -0.4 is 0 Å². The average Bonchev–Trinajstić information content (AvgIpc) is 2.00. The Morgan fingerprint density at radius 1 is 1.20 bits per heavy atom. The fourth-order valence-corrected chi connectivity index (χ4v) is 2.06. The average molecular weight is 227 g/mol. The summed E-state index contributed by atoms with van der Waals surface area (Å²) < 4.78 is 0. The van der Waals surface area contributed by atoms with Crippen LogP contribution in [0.25, 0.3) is 0 Å². The largest absolute Gasteiger partial charge is 0.508 e. The van der Waals surface area contributed by atoms with E-state index in [-0.39, 0.29) is 5.41 Å². The molecule has 0 aliphatic rings. The van der Waals surface area contributed by atoms with Gasteiger partial charge in [-0.15, -0.1) is 0 Å². The summed E-state index contributed by atoms with van der Waals surface area (Å²) in [7, 11) is 0. The monoisotopic (exact) mass is 226 g/mol. The first-order valence-corrected chi connectivity index (χ1v) is 5.64. The van der Waals surface area contributed by atoms with E-state index in [2.05, 4.69) is 34.6 Å². The van der Waals surface area contributed by atoms with Crippen molar-refractivity contribution in [1.82, 2.24) is 0 Å². The van der Waals surface area contributed by atoms with E-state index >= 15 is 0 Å². The minimum Gasteiger partial charge on any atom is -0.508 e. The predicted octanol–water partition coefficient (Wildman–Crippen LogP) is 4.47. The highest BCUT2D eigenvalue weighted by Gasteiger charge is 2.20. The van der Waals surface area contributed by atoms with E-state index in [9.17, 15) is 5.11 Å². The molecule has 0 aliphatic heterocycles. The standard InChI is InChI=1S/C13H19ClO/c1-8(2)9-6-10(13(3,4)5)11(14)7-12(9)15/h6-8,15H,1-5H3. The molecule has 0 radical (unpaired) electrons. The van der Waals surface area contributed by atoms with E-state index < -0.39 is 0 Å². The third-order valence-electron chi connectivity index (χ3n) is 2.55. The van der Waals surface area contributed by atoms with Crippen molar-refractivity contribution in [3.8, 4) is 5.75 Å². The Kier molecular flexibility index (Phi) is 3.34. The molecule has 0 heterocycles. The Balaban J connectivity index is 3.37. The molecule has 1 N–H and O–H groups in total. The molecule has 1 aromatic carbocycles. The lowest BCUT2D eigenvalue weighted by Crippen LogP contribution is -2.12. The fourth-order valence-electron chi connectivity index (χ4n) is 1.62. The molecule has 0 bridgehead atoms. The van der Waals surface area contributed by atoms with Gasteiger partial charge in [0.1, 0.15) is 5.75 Å². The molecule has 0 saturated heterocycles. The lowest BCUT2D eigenvalue weighted by atomic mass is 9.84. The van der Waals surface area contributed by atoms with Crippen LogP contribution in [-0.4, -0.2) is 5.11 Å². The molecule has 0 unspecified atom stereocenters. The van der Waals surface area contributed by atoms with Crippen LogP contribution in [0.3, 0.4) is 0 Å². The van der Waals surface area contributed by atoms with E-state index in [1.165, 1.54) is 0 Å². The minimum absolute atomic E-state index is 0.00836. The van der Waals surface area contributed by atoms with Crippen LogP contribution in [0, 0.1) is 0 Å². The van der Waals surface area contributed by atoms with Crippen LogP contribution in [0.4, 0.5) is 0 Å². The van der Waals surface area contributed by atoms with Gasteiger partial charge in [-0.25, -0.2) is 0 Å². The Morgan fingerprint density at radius 3 is 2.13 bits per heavy atom. The first-order chi connectivity index (χ1) is 6.73. The summed E-state index contributed by atoms with van der Waals surface area (Å²) >= 11 is 6.13. The van der Waals surface area contributed by atoms with Crippen molar-refractivity contribution in [2.75, 3.05) is 0 Å². The molecule has 0 atom stereocenters. The zero-order valence-corrected chi connectivity index (χ0v) is 10.8. The van der Waals surface area contributed by atoms with Gasteiger partial charge in [0, 0.05) is 5.02 Å². The molecular weight excluding hydrogens is 208 g/mol. The summed E-state index contributed by atoms with van der Waals surface area (Å²) in [6, 6.07) is 3.67. The van der Waals surface area contributed by atoms with Crippen LogP contribution in [0.5, 0.6) is 5.75 Å². The molecule has 84 valence electrons. The SMILES string of the molecule is CC(C)c1cc(C(C)(C)C)c(Cl)cc1O. The second-order valence-corrected chi connectivity index (χ2v) is 5.70. The maximum atomic E-state index is 9.77. The Labute approximate surface area is 97.1 Å². The van der Waals surface area contributed by atoms with Gasteiger partial charge in [0.25, 0.3) is 0 Å². The van der Waals surface area contributed by atoms with Crippen molar-refractivity contribution in [3.05, 3.63) is 28.3 Å². The van der Waals surface area contributed by atoms with Gasteiger partial charge >= 0.3 is 0 Å². The molecule has 0 spiro atoms. The number of phenolic OH excluding ortho intramolecular Hbond substituents is 1. The van der Waals surface area contributed by atoms with Crippen LogP contribution in [-0.2, 0) is 5.41 Å². The molecule has 1 rings (SSSR count). The summed E-state index contributed by atoms with van der Waals surface area (Å²) in [5.74, 6) is 0.603. The highest BCUT2D eigenvalue weighted by atomic mass is 35.5. The maximum Gasteiger partial charge on any atom is 0.120 e.